The first-order chi connectivity index (χ1) is 6.92. The van der Waals surface area contributed by atoms with Crippen LogP contribution in [0.5, 0.6) is 0 Å². The van der Waals surface area contributed by atoms with Crippen LogP contribution in [0.15, 0.2) is 47.4 Å². The number of hydrogen-bond acceptors (Lipinski definition) is 2. The van der Waals surface area contributed by atoms with Crippen LogP contribution in [-0.4, -0.2) is 0 Å². The highest BCUT2D eigenvalue weighted by Gasteiger charge is 2.07. The molecular weight excluding hydrogens is 208 g/mol. The number of thiol groups is 1. The van der Waals surface area contributed by atoms with Gasteiger partial charge in [0.25, 0.3) is 0 Å². The Bertz CT molecular complexity index is 378. The minimum atomic E-state index is 1.14. The summed E-state index contributed by atoms with van der Waals surface area (Å²) in [5, 5.41) is 0. The number of allylic oxidation sites excluding steroid dienone is 4. The Hall–Kier alpha value is -0.600. The lowest BCUT2D eigenvalue weighted by molar-refractivity contribution is 1.05. The first-order valence-corrected chi connectivity index (χ1v) is 6.55. The molecule has 2 rings (SSSR count). The quantitative estimate of drug-likeness (QED) is 0.571. The molecule has 0 saturated heterocycles. The third-order valence-corrected chi connectivity index (χ3v) is 3.49. The minimum Gasteiger partial charge on any atom is -0.106 e. The molecule has 0 spiro atoms. The van der Waals surface area contributed by atoms with E-state index in [4.69, 9.17) is 0 Å². The monoisotopic (exact) mass is 220 g/mol. The molecule has 1 aromatic carbocycles. The SMILES string of the molecule is SSc1ccccc1C1=CC=CCC1. The zero-order chi connectivity index (χ0) is 9.80. The highest BCUT2D eigenvalue weighted by Crippen LogP contribution is 2.33. The Morgan fingerprint density at radius 3 is 2.79 bits per heavy atom. The van der Waals surface area contributed by atoms with Crippen LogP contribution in [0.3, 0.4) is 0 Å². The van der Waals surface area contributed by atoms with Crippen molar-refractivity contribution in [1.29, 1.82) is 0 Å². The lowest BCUT2D eigenvalue weighted by atomic mass is 9.97. The number of hydrogen-bond donors (Lipinski definition) is 1. The second-order valence-electron chi connectivity index (χ2n) is 3.25. The van der Waals surface area contributed by atoms with Crippen LogP contribution >= 0.6 is 22.5 Å². The van der Waals surface area contributed by atoms with Crippen LogP contribution in [0, 0.1) is 0 Å². The highest BCUT2D eigenvalue weighted by molar-refractivity contribution is 8.68. The zero-order valence-corrected chi connectivity index (χ0v) is 9.52. The predicted molar refractivity (Wildman–Crippen MR) is 67.6 cm³/mol. The Balaban J connectivity index is 2.39. The van der Waals surface area contributed by atoms with Gasteiger partial charge in [0.2, 0.25) is 0 Å². The van der Waals surface area contributed by atoms with Gasteiger partial charge < -0.3 is 0 Å². The summed E-state index contributed by atoms with van der Waals surface area (Å²) in [5.74, 6) is 0. The molecular formula is C12H12S2. The summed E-state index contributed by atoms with van der Waals surface area (Å²) in [4.78, 5) is 1.25. The van der Waals surface area contributed by atoms with Gasteiger partial charge in [-0.2, -0.15) is 0 Å². The molecule has 0 unspecified atom stereocenters. The van der Waals surface area contributed by atoms with Crippen molar-refractivity contribution in [3.05, 3.63) is 48.1 Å². The van der Waals surface area contributed by atoms with Crippen molar-refractivity contribution in [2.45, 2.75) is 17.7 Å². The maximum absolute atomic E-state index is 4.27. The van der Waals surface area contributed by atoms with Crippen LogP contribution in [-0.2, 0) is 0 Å². The Morgan fingerprint density at radius 1 is 1.21 bits per heavy atom. The van der Waals surface area contributed by atoms with Crippen molar-refractivity contribution >= 4 is 28.0 Å². The Labute approximate surface area is 93.9 Å². The normalized spacial score (nSPS) is 15.4. The van der Waals surface area contributed by atoms with Crippen molar-refractivity contribution in [2.24, 2.45) is 0 Å². The lowest BCUT2D eigenvalue weighted by Crippen LogP contribution is -1.89. The second-order valence-corrected chi connectivity index (χ2v) is 4.42. The van der Waals surface area contributed by atoms with Gasteiger partial charge in [0.15, 0.2) is 0 Å². The van der Waals surface area contributed by atoms with E-state index in [0.717, 1.165) is 12.8 Å². The van der Waals surface area contributed by atoms with Gasteiger partial charge in [-0.15, -0.1) is 11.7 Å². The fourth-order valence-electron chi connectivity index (χ4n) is 1.64. The Morgan fingerprint density at radius 2 is 2.07 bits per heavy atom. The second kappa shape index (κ2) is 4.76. The van der Waals surface area contributed by atoms with Gasteiger partial charge in [-0.1, -0.05) is 47.2 Å². The van der Waals surface area contributed by atoms with E-state index in [-0.39, 0.29) is 0 Å². The van der Waals surface area contributed by atoms with E-state index < -0.39 is 0 Å². The molecule has 1 aliphatic rings. The van der Waals surface area contributed by atoms with Crippen molar-refractivity contribution in [3.63, 3.8) is 0 Å². The fourth-order valence-corrected chi connectivity index (χ4v) is 2.55. The molecule has 0 N–H and O–H groups in total. The molecule has 0 heterocycles. The maximum atomic E-state index is 4.27. The van der Waals surface area contributed by atoms with E-state index in [1.165, 1.54) is 26.8 Å². The van der Waals surface area contributed by atoms with Crippen molar-refractivity contribution in [3.8, 4) is 0 Å². The molecule has 0 atom stereocenters. The first-order valence-electron chi connectivity index (χ1n) is 4.68. The summed E-state index contributed by atoms with van der Waals surface area (Å²) in [5.41, 5.74) is 2.75. The van der Waals surface area contributed by atoms with E-state index in [1.54, 1.807) is 0 Å². The average molecular weight is 220 g/mol. The van der Waals surface area contributed by atoms with Crippen molar-refractivity contribution < 1.29 is 0 Å². The molecule has 0 aromatic heterocycles. The maximum Gasteiger partial charge on any atom is 0.0255 e. The average Bonchev–Trinajstić information content (AvgIpc) is 2.30. The standard InChI is InChI=1S/C12H12S2/c13-14-12-9-5-4-8-11(12)10-6-2-1-3-7-10/h1-2,4-6,8-9,13H,3,7H2. The van der Waals surface area contributed by atoms with Gasteiger partial charge in [-0.25, -0.2) is 0 Å². The van der Waals surface area contributed by atoms with E-state index >= 15 is 0 Å². The largest absolute Gasteiger partial charge is 0.106 e. The molecule has 2 heteroatoms. The van der Waals surface area contributed by atoms with E-state index in [0.29, 0.717) is 0 Å². The van der Waals surface area contributed by atoms with Crippen LogP contribution in [0.1, 0.15) is 18.4 Å². The predicted octanol–water partition coefficient (Wildman–Crippen LogP) is 4.36. The van der Waals surface area contributed by atoms with Crippen LogP contribution < -0.4 is 0 Å². The van der Waals surface area contributed by atoms with E-state index in [2.05, 4.69) is 54.2 Å². The van der Waals surface area contributed by atoms with Crippen LogP contribution in [0.4, 0.5) is 0 Å². The van der Waals surface area contributed by atoms with Gasteiger partial charge in [0.05, 0.1) is 0 Å². The van der Waals surface area contributed by atoms with Gasteiger partial charge in [0, 0.05) is 4.90 Å². The summed E-state index contributed by atoms with van der Waals surface area (Å²) in [6.07, 6.45) is 8.84. The molecule has 0 nitrogen and oxygen atoms in total. The van der Waals surface area contributed by atoms with Gasteiger partial charge in [0.1, 0.15) is 0 Å². The van der Waals surface area contributed by atoms with Crippen LogP contribution in [0.2, 0.25) is 0 Å². The first kappa shape index (κ1) is 9.94. The molecule has 0 aliphatic heterocycles. The minimum absolute atomic E-state index is 1.14. The number of rotatable bonds is 2. The third-order valence-electron chi connectivity index (χ3n) is 2.35. The smallest absolute Gasteiger partial charge is 0.0255 e. The molecule has 0 saturated carbocycles. The Kier molecular flexibility index (Phi) is 3.38. The summed E-state index contributed by atoms with van der Waals surface area (Å²) in [6, 6.07) is 8.43. The molecule has 1 aliphatic carbocycles. The molecule has 0 amide bonds. The number of benzene rings is 1. The van der Waals surface area contributed by atoms with E-state index in [9.17, 15) is 0 Å². The molecule has 1 aromatic rings. The molecule has 0 radical (unpaired) electrons. The van der Waals surface area contributed by atoms with Gasteiger partial charge in [-0.3, -0.25) is 0 Å². The van der Waals surface area contributed by atoms with Crippen LogP contribution in [0.25, 0.3) is 5.57 Å². The summed E-state index contributed by atoms with van der Waals surface area (Å²) < 4.78 is 0. The highest BCUT2D eigenvalue weighted by atomic mass is 33.1. The summed E-state index contributed by atoms with van der Waals surface area (Å²) in [6.45, 7) is 0. The molecule has 72 valence electrons. The summed E-state index contributed by atoms with van der Waals surface area (Å²) >= 11 is 4.27. The van der Waals surface area contributed by atoms with Crippen molar-refractivity contribution in [1.82, 2.24) is 0 Å². The third kappa shape index (κ3) is 2.07. The van der Waals surface area contributed by atoms with E-state index in [1.807, 2.05) is 0 Å². The summed E-state index contributed by atoms with van der Waals surface area (Å²) in [7, 11) is 1.52. The van der Waals surface area contributed by atoms with Gasteiger partial charge >= 0.3 is 0 Å². The molecule has 0 bridgehead atoms. The molecule has 14 heavy (non-hydrogen) atoms. The fraction of sp³-hybridized carbons (Fsp3) is 0.167. The molecule has 0 fully saturated rings. The van der Waals surface area contributed by atoms with Gasteiger partial charge in [-0.05, 0) is 30.0 Å². The lowest BCUT2D eigenvalue weighted by Gasteiger charge is -2.12. The van der Waals surface area contributed by atoms with Crippen molar-refractivity contribution in [2.75, 3.05) is 0 Å². The zero-order valence-electron chi connectivity index (χ0n) is 7.81. The topological polar surface area (TPSA) is 0 Å².